The third kappa shape index (κ3) is 5.83. The SMILES string of the molecule is COc1ccc(NC(=O)COc2ccc(-c3ccccc3)cc2CN(C)C)cc1. The van der Waals surface area contributed by atoms with Crippen molar-refractivity contribution in [2.45, 2.75) is 6.54 Å². The molecule has 0 aromatic heterocycles. The van der Waals surface area contributed by atoms with Crippen molar-refractivity contribution in [3.8, 4) is 22.6 Å². The van der Waals surface area contributed by atoms with Crippen LogP contribution in [0.4, 0.5) is 5.69 Å². The van der Waals surface area contributed by atoms with Crippen molar-refractivity contribution < 1.29 is 14.3 Å². The first-order valence-electron chi connectivity index (χ1n) is 9.45. The highest BCUT2D eigenvalue weighted by molar-refractivity contribution is 5.91. The summed E-state index contributed by atoms with van der Waals surface area (Å²) in [7, 11) is 5.63. The Balaban J connectivity index is 1.69. The van der Waals surface area contributed by atoms with Crippen LogP contribution in [0.25, 0.3) is 11.1 Å². The minimum atomic E-state index is -0.210. The van der Waals surface area contributed by atoms with Crippen LogP contribution < -0.4 is 14.8 Å². The average molecular weight is 390 g/mol. The van der Waals surface area contributed by atoms with Crippen molar-refractivity contribution in [2.75, 3.05) is 33.1 Å². The Morgan fingerprint density at radius 1 is 0.931 bits per heavy atom. The molecule has 0 unspecified atom stereocenters. The van der Waals surface area contributed by atoms with Crippen molar-refractivity contribution in [3.05, 3.63) is 78.4 Å². The molecule has 0 saturated heterocycles. The van der Waals surface area contributed by atoms with Gasteiger partial charge in [0, 0.05) is 17.8 Å². The summed E-state index contributed by atoms with van der Waals surface area (Å²) in [6.07, 6.45) is 0. The maximum Gasteiger partial charge on any atom is 0.262 e. The minimum absolute atomic E-state index is 0.0584. The quantitative estimate of drug-likeness (QED) is 0.618. The van der Waals surface area contributed by atoms with E-state index in [2.05, 4.69) is 28.4 Å². The normalized spacial score (nSPS) is 10.6. The van der Waals surface area contributed by atoms with E-state index in [0.717, 1.165) is 29.0 Å². The van der Waals surface area contributed by atoms with E-state index in [1.807, 2.05) is 44.4 Å². The number of nitrogens with one attached hydrogen (secondary N) is 1. The molecule has 0 aliphatic carbocycles. The third-order valence-electron chi connectivity index (χ3n) is 4.39. The van der Waals surface area contributed by atoms with Crippen LogP contribution in [0.3, 0.4) is 0 Å². The van der Waals surface area contributed by atoms with E-state index < -0.39 is 0 Å². The molecule has 0 bridgehead atoms. The maximum absolute atomic E-state index is 12.3. The van der Waals surface area contributed by atoms with Crippen LogP contribution in [-0.4, -0.2) is 38.6 Å². The van der Waals surface area contributed by atoms with E-state index in [1.54, 1.807) is 31.4 Å². The zero-order valence-electron chi connectivity index (χ0n) is 17.0. The Bertz CT molecular complexity index is 938. The molecule has 3 rings (SSSR count). The van der Waals surface area contributed by atoms with Gasteiger partial charge < -0.3 is 19.7 Å². The van der Waals surface area contributed by atoms with Gasteiger partial charge in [0.05, 0.1) is 7.11 Å². The van der Waals surface area contributed by atoms with E-state index in [4.69, 9.17) is 9.47 Å². The number of methoxy groups -OCH3 is 1. The molecule has 0 fully saturated rings. The first kappa shape index (κ1) is 20.4. The second-order valence-electron chi connectivity index (χ2n) is 6.99. The molecule has 3 aromatic rings. The predicted molar refractivity (Wildman–Crippen MR) is 116 cm³/mol. The molecule has 150 valence electrons. The monoisotopic (exact) mass is 390 g/mol. The Hall–Kier alpha value is -3.31. The number of ether oxygens (including phenoxy) is 2. The smallest absolute Gasteiger partial charge is 0.262 e. The van der Waals surface area contributed by atoms with Gasteiger partial charge in [0.1, 0.15) is 11.5 Å². The number of rotatable bonds is 8. The second-order valence-corrected chi connectivity index (χ2v) is 6.99. The molecule has 0 spiro atoms. The number of benzene rings is 3. The Morgan fingerprint density at radius 2 is 1.66 bits per heavy atom. The number of carbonyl (C=O) groups excluding carboxylic acids is 1. The summed E-state index contributed by atoms with van der Waals surface area (Å²) in [5.41, 5.74) is 4.01. The van der Waals surface area contributed by atoms with Crippen LogP contribution >= 0.6 is 0 Å². The van der Waals surface area contributed by atoms with E-state index >= 15 is 0 Å². The summed E-state index contributed by atoms with van der Waals surface area (Å²) in [5.74, 6) is 1.24. The molecule has 29 heavy (non-hydrogen) atoms. The molecule has 0 aliphatic rings. The zero-order valence-corrected chi connectivity index (χ0v) is 17.0. The summed E-state index contributed by atoms with van der Waals surface area (Å²) in [6, 6.07) is 23.5. The van der Waals surface area contributed by atoms with Gasteiger partial charge in [-0.15, -0.1) is 0 Å². The number of hydrogen-bond donors (Lipinski definition) is 1. The molecule has 1 amide bonds. The van der Waals surface area contributed by atoms with Crippen LogP contribution in [0.5, 0.6) is 11.5 Å². The molecule has 3 aromatic carbocycles. The van der Waals surface area contributed by atoms with E-state index in [0.29, 0.717) is 11.4 Å². The maximum atomic E-state index is 12.3. The topological polar surface area (TPSA) is 50.8 Å². The van der Waals surface area contributed by atoms with Crippen LogP contribution in [0.2, 0.25) is 0 Å². The summed E-state index contributed by atoms with van der Waals surface area (Å²) < 4.78 is 11.0. The lowest BCUT2D eigenvalue weighted by Gasteiger charge is -2.16. The fraction of sp³-hybridized carbons (Fsp3) is 0.208. The van der Waals surface area contributed by atoms with Crippen molar-refractivity contribution in [1.82, 2.24) is 4.90 Å². The number of anilines is 1. The van der Waals surface area contributed by atoms with Crippen LogP contribution in [-0.2, 0) is 11.3 Å². The Morgan fingerprint density at radius 3 is 2.31 bits per heavy atom. The molecule has 0 aliphatic heterocycles. The van der Waals surface area contributed by atoms with E-state index in [-0.39, 0.29) is 12.5 Å². The first-order valence-corrected chi connectivity index (χ1v) is 9.45. The van der Waals surface area contributed by atoms with Gasteiger partial charge in [0.2, 0.25) is 0 Å². The lowest BCUT2D eigenvalue weighted by atomic mass is 10.0. The summed E-state index contributed by atoms with van der Waals surface area (Å²) in [5, 5.41) is 2.83. The van der Waals surface area contributed by atoms with Gasteiger partial charge >= 0.3 is 0 Å². The number of nitrogens with zero attached hydrogens (tertiary/aromatic N) is 1. The summed E-state index contributed by atoms with van der Waals surface area (Å²) in [6.45, 7) is 0.660. The van der Waals surface area contributed by atoms with Gasteiger partial charge in [-0.2, -0.15) is 0 Å². The standard InChI is InChI=1S/C24H26N2O3/c1-26(2)16-20-15-19(18-7-5-4-6-8-18)9-14-23(20)29-17-24(27)25-21-10-12-22(28-3)13-11-21/h4-15H,16-17H2,1-3H3,(H,25,27). The number of amides is 1. The first-order chi connectivity index (χ1) is 14.0. The zero-order chi connectivity index (χ0) is 20.6. The van der Waals surface area contributed by atoms with Crippen LogP contribution in [0.15, 0.2) is 72.8 Å². The molecule has 0 heterocycles. The molecular formula is C24H26N2O3. The van der Waals surface area contributed by atoms with Crippen molar-refractivity contribution >= 4 is 11.6 Å². The van der Waals surface area contributed by atoms with Gasteiger partial charge in [-0.1, -0.05) is 36.4 Å². The lowest BCUT2D eigenvalue weighted by molar-refractivity contribution is -0.118. The van der Waals surface area contributed by atoms with Crippen molar-refractivity contribution in [2.24, 2.45) is 0 Å². The molecule has 0 atom stereocenters. The highest BCUT2D eigenvalue weighted by Crippen LogP contribution is 2.27. The van der Waals surface area contributed by atoms with E-state index in [9.17, 15) is 4.79 Å². The van der Waals surface area contributed by atoms with Gasteiger partial charge in [0.15, 0.2) is 6.61 Å². The number of hydrogen-bond acceptors (Lipinski definition) is 4. The van der Waals surface area contributed by atoms with Crippen LogP contribution in [0, 0.1) is 0 Å². The lowest BCUT2D eigenvalue weighted by Crippen LogP contribution is -2.21. The Labute approximate surface area is 171 Å². The molecule has 0 radical (unpaired) electrons. The second kappa shape index (κ2) is 9.75. The largest absolute Gasteiger partial charge is 0.497 e. The molecule has 1 N–H and O–H groups in total. The highest BCUT2D eigenvalue weighted by Gasteiger charge is 2.10. The third-order valence-corrected chi connectivity index (χ3v) is 4.39. The fourth-order valence-electron chi connectivity index (χ4n) is 3.01. The molecule has 0 saturated carbocycles. The van der Waals surface area contributed by atoms with Gasteiger partial charge in [-0.3, -0.25) is 4.79 Å². The molecular weight excluding hydrogens is 364 g/mol. The molecule has 5 heteroatoms. The average Bonchev–Trinajstić information content (AvgIpc) is 2.73. The number of carbonyl (C=O) groups is 1. The van der Waals surface area contributed by atoms with Crippen LogP contribution in [0.1, 0.15) is 5.56 Å². The van der Waals surface area contributed by atoms with E-state index in [1.165, 1.54) is 0 Å². The van der Waals surface area contributed by atoms with Gasteiger partial charge in [-0.25, -0.2) is 0 Å². The highest BCUT2D eigenvalue weighted by atomic mass is 16.5. The fourth-order valence-corrected chi connectivity index (χ4v) is 3.01. The Kier molecular flexibility index (Phi) is 6.87. The summed E-state index contributed by atoms with van der Waals surface area (Å²) in [4.78, 5) is 14.4. The van der Waals surface area contributed by atoms with Crippen molar-refractivity contribution in [1.29, 1.82) is 0 Å². The molecule has 5 nitrogen and oxygen atoms in total. The van der Waals surface area contributed by atoms with Crippen molar-refractivity contribution in [3.63, 3.8) is 0 Å². The van der Waals surface area contributed by atoms with Gasteiger partial charge in [0.25, 0.3) is 5.91 Å². The summed E-state index contributed by atoms with van der Waals surface area (Å²) >= 11 is 0. The minimum Gasteiger partial charge on any atom is -0.497 e. The van der Waals surface area contributed by atoms with Gasteiger partial charge in [-0.05, 0) is 61.6 Å². The predicted octanol–water partition coefficient (Wildman–Crippen LogP) is 4.44.